The molecule has 2 heterocycles. The second-order valence-electron chi connectivity index (χ2n) is 6.33. The number of nitrogens with zero attached hydrogens (tertiary/aromatic N) is 2. The van der Waals surface area contributed by atoms with Crippen LogP contribution in [0.2, 0.25) is 0 Å². The van der Waals surface area contributed by atoms with Crippen molar-refractivity contribution < 1.29 is 9.21 Å². The molecule has 0 saturated heterocycles. The van der Waals surface area contributed by atoms with Crippen molar-refractivity contribution in [3.63, 3.8) is 0 Å². The van der Waals surface area contributed by atoms with Crippen molar-refractivity contribution in [2.24, 2.45) is 0 Å². The first-order valence-electron chi connectivity index (χ1n) is 8.57. The summed E-state index contributed by atoms with van der Waals surface area (Å²) < 4.78 is 6.02. The Morgan fingerprint density at radius 1 is 1.26 bits per heavy atom. The fourth-order valence-electron chi connectivity index (χ4n) is 2.71. The summed E-state index contributed by atoms with van der Waals surface area (Å²) in [5.74, 6) is 0.784. The van der Waals surface area contributed by atoms with Gasteiger partial charge >= 0.3 is 0 Å². The summed E-state index contributed by atoms with van der Waals surface area (Å²) in [6, 6.07) is 7.88. The monoisotopic (exact) mass is 402 g/mol. The van der Waals surface area contributed by atoms with E-state index >= 15 is 0 Å². The molecule has 1 aromatic carbocycles. The van der Waals surface area contributed by atoms with Gasteiger partial charge in [-0.3, -0.25) is 4.79 Å². The van der Waals surface area contributed by atoms with E-state index in [9.17, 15) is 4.79 Å². The summed E-state index contributed by atoms with van der Waals surface area (Å²) in [6.07, 6.45) is 1.64. The highest BCUT2D eigenvalue weighted by Gasteiger charge is 2.19. The first-order valence-corrected chi connectivity index (χ1v) is 10.3. The number of rotatable bonds is 7. The molecule has 0 fully saturated rings. The fourth-order valence-corrected chi connectivity index (χ4v) is 4.60. The van der Waals surface area contributed by atoms with Crippen LogP contribution in [0.3, 0.4) is 0 Å². The van der Waals surface area contributed by atoms with Crippen molar-refractivity contribution in [2.45, 2.75) is 43.8 Å². The Balaban J connectivity index is 1.57. The van der Waals surface area contributed by atoms with Gasteiger partial charge in [0.05, 0.1) is 18.1 Å². The van der Waals surface area contributed by atoms with E-state index in [1.807, 2.05) is 32.9 Å². The number of carbonyl (C=O) groups is 1. The Kier molecular flexibility index (Phi) is 6.18. The number of anilines is 2. The van der Waals surface area contributed by atoms with Crippen LogP contribution in [0.15, 0.2) is 39.3 Å². The standard InChI is InChI=1S/C19H22N4O2S2/c1-11-8-12(2)16(13(3)9-11)21-17(24)14(4)26-19-23-22-18(27-19)20-10-15-6-5-7-25-15/h5-9,14H,10H2,1-4H3,(H,20,22)(H,21,24). The Hall–Kier alpha value is -2.32. The highest BCUT2D eigenvalue weighted by atomic mass is 32.2. The van der Waals surface area contributed by atoms with Crippen LogP contribution in [0.25, 0.3) is 0 Å². The van der Waals surface area contributed by atoms with Crippen molar-refractivity contribution >= 4 is 39.8 Å². The van der Waals surface area contributed by atoms with Gasteiger partial charge in [-0.25, -0.2) is 0 Å². The normalized spacial score (nSPS) is 12.0. The van der Waals surface area contributed by atoms with E-state index in [0.29, 0.717) is 11.7 Å². The second kappa shape index (κ2) is 8.58. The maximum absolute atomic E-state index is 12.6. The van der Waals surface area contributed by atoms with Gasteiger partial charge in [-0.15, -0.1) is 10.2 Å². The molecule has 0 aliphatic heterocycles. The summed E-state index contributed by atoms with van der Waals surface area (Å²) in [5, 5.41) is 14.9. The molecule has 3 aromatic rings. The van der Waals surface area contributed by atoms with Gasteiger partial charge in [0, 0.05) is 5.69 Å². The van der Waals surface area contributed by atoms with Crippen LogP contribution in [0.5, 0.6) is 0 Å². The van der Waals surface area contributed by atoms with Gasteiger partial charge in [-0.05, 0) is 51.0 Å². The Morgan fingerprint density at radius 3 is 2.67 bits per heavy atom. The minimum atomic E-state index is -0.282. The number of benzene rings is 1. The van der Waals surface area contributed by atoms with Gasteiger partial charge in [0.1, 0.15) is 5.76 Å². The first-order chi connectivity index (χ1) is 12.9. The Labute approximate surface area is 166 Å². The number of aromatic nitrogens is 2. The van der Waals surface area contributed by atoms with E-state index in [2.05, 4.69) is 39.9 Å². The number of hydrogen-bond donors (Lipinski definition) is 2. The molecule has 0 aliphatic carbocycles. The Bertz CT molecular complexity index is 899. The van der Waals surface area contributed by atoms with Crippen LogP contribution in [-0.2, 0) is 11.3 Å². The third-order valence-electron chi connectivity index (χ3n) is 3.97. The minimum Gasteiger partial charge on any atom is -0.467 e. The predicted octanol–water partition coefficient (Wildman–Crippen LogP) is 4.79. The molecule has 1 amide bonds. The minimum absolute atomic E-state index is 0.0460. The van der Waals surface area contributed by atoms with Crippen molar-refractivity contribution in [1.82, 2.24) is 10.2 Å². The van der Waals surface area contributed by atoms with Crippen LogP contribution < -0.4 is 10.6 Å². The molecule has 1 atom stereocenters. The van der Waals surface area contributed by atoms with E-state index < -0.39 is 0 Å². The molecule has 2 aromatic heterocycles. The average Bonchev–Trinajstić information content (AvgIpc) is 3.27. The van der Waals surface area contributed by atoms with Crippen LogP contribution in [0, 0.1) is 20.8 Å². The van der Waals surface area contributed by atoms with E-state index in [-0.39, 0.29) is 11.2 Å². The maximum Gasteiger partial charge on any atom is 0.237 e. The van der Waals surface area contributed by atoms with Crippen LogP contribution in [0.1, 0.15) is 29.4 Å². The second-order valence-corrected chi connectivity index (χ2v) is 8.89. The lowest BCUT2D eigenvalue weighted by molar-refractivity contribution is -0.115. The molecular formula is C19H22N4O2S2. The molecule has 8 heteroatoms. The third kappa shape index (κ3) is 5.11. The summed E-state index contributed by atoms with van der Waals surface area (Å²) in [5.41, 5.74) is 4.21. The molecular weight excluding hydrogens is 380 g/mol. The number of amides is 1. The molecule has 27 heavy (non-hydrogen) atoms. The number of hydrogen-bond acceptors (Lipinski definition) is 7. The molecule has 142 valence electrons. The molecule has 0 aliphatic rings. The fraction of sp³-hybridized carbons (Fsp3) is 0.316. The highest BCUT2D eigenvalue weighted by molar-refractivity contribution is 8.02. The number of thioether (sulfide) groups is 1. The predicted molar refractivity (Wildman–Crippen MR) is 111 cm³/mol. The van der Waals surface area contributed by atoms with Crippen LogP contribution in [-0.4, -0.2) is 21.4 Å². The SMILES string of the molecule is Cc1cc(C)c(NC(=O)C(C)Sc2nnc(NCc3ccco3)s2)c(C)c1. The van der Waals surface area contributed by atoms with Crippen molar-refractivity contribution in [3.05, 3.63) is 53.0 Å². The lowest BCUT2D eigenvalue weighted by Crippen LogP contribution is -2.23. The number of furan rings is 1. The van der Waals surface area contributed by atoms with Crippen molar-refractivity contribution in [1.29, 1.82) is 0 Å². The van der Waals surface area contributed by atoms with Gasteiger partial charge < -0.3 is 15.1 Å². The van der Waals surface area contributed by atoms with E-state index in [1.54, 1.807) is 6.26 Å². The lowest BCUT2D eigenvalue weighted by atomic mass is 10.1. The van der Waals surface area contributed by atoms with Crippen molar-refractivity contribution in [2.75, 3.05) is 10.6 Å². The van der Waals surface area contributed by atoms with E-state index in [0.717, 1.165) is 26.9 Å². The van der Waals surface area contributed by atoms with Crippen molar-refractivity contribution in [3.8, 4) is 0 Å². The van der Waals surface area contributed by atoms with Gasteiger partial charge in [0.15, 0.2) is 4.34 Å². The quantitative estimate of drug-likeness (QED) is 0.553. The highest BCUT2D eigenvalue weighted by Crippen LogP contribution is 2.30. The molecule has 1 unspecified atom stereocenters. The molecule has 0 radical (unpaired) electrons. The average molecular weight is 403 g/mol. The molecule has 0 saturated carbocycles. The lowest BCUT2D eigenvalue weighted by Gasteiger charge is -2.15. The first kappa shape index (κ1) is 19.4. The van der Waals surface area contributed by atoms with E-state index in [4.69, 9.17) is 4.42 Å². The Morgan fingerprint density at radius 2 is 2.00 bits per heavy atom. The molecule has 6 nitrogen and oxygen atoms in total. The molecule has 0 bridgehead atoms. The molecule has 3 rings (SSSR count). The number of nitrogens with one attached hydrogen (secondary N) is 2. The van der Waals surface area contributed by atoms with Crippen LogP contribution in [0.4, 0.5) is 10.8 Å². The number of carbonyl (C=O) groups excluding carboxylic acids is 1. The number of aryl methyl sites for hydroxylation is 3. The topological polar surface area (TPSA) is 80.0 Å². The van der Waals surface area contributed by atoms with Gasteiger partial charge in [0.25, 0.3) is 0 Å². The maximum atomic E-state index is 12.6. The van der Waals surface area contributed by atoms with Gasteiger partial charge in [-0.1, -0.05) is 40.8 Å². The third-order valence-corrected chi connectivity index (χ3v) is 6.04. The summed E-state index contributed by atoms with van der Waals surface area (Å²) in [7, 11) is 0. The summed E-state index contributed by atoms with van der Waals surface area (Å²) in [6.45, 7) is 8.49. The van der Waals surface area contributed by atoms with E-state index in [1.165, 1.54) is 28.7 Å². The van der Waals surface area contributed by atoms with Gasteiger partial charge in [-0.2, -0.15) is 0 Å². The molecule has 0 spiro atoms. The van der Waals surface area contributed by atoms with Crippen LogP contribution >= 0.6 is 23.1 Å². The zero-order valence-electron chi connectivity index (χ0n) is 15.7. The smallest absolute Gasteiger partial charge is 0.237 e. The largest absolute Gasteiger partial charge is 0.467 e. The zero-order valence-corrected chi connectivity index (χ0v) is 17.3. The summed E-state index contributed by atoms with van der Waals surface area (Å²) in [4.78, 5) is 12.6. The van der Waals surface area contributed by atoms with Gasteiger partial charge in [0.2, 0.25) is 11.0 Å². The summed E-state index contributed by atoms with van der Waals surface area (Å²) >= 11 is 2.82. The zero-order chi connectivity index (χ0) is 19.4. The molecule has 2 N–H and O–H groups in total.